The van der Waals surface area contributed by atoms with Crippen molar-refractivity contribution in [3.05, 3.63) is 23.2 Å². The molecule has 2 aromatic rings. The van der Waals surface area contributed by atoms with Crippen LogP contribution in [0.5, 0.6) is 0 Å². The lowest BCUT2D eigenvalue weighted by atomic mass is 10.3. The first kappa shape index (κ1) is 14.7. The highest BCUT2D eigenvalue weighted by Crippen LogP contribution is 2.26. The van der Waals surface area contributed by atoms with Crippen LogP contribution in [0.3, 0.4) is 0 Å². The van der Waals surface area contributed by atoms with Gasteiger partial charge in [0.2, 0.25) is 5.91 Å². The molecular weight excluding hydrogens is 302 g/mol. The number of nitrogens with zero attached hydrogens (tertiary/aromatic N) is 2. The maximum Gasteiger partial charge on any atom is 0.313 e. The molecule has 0 aliphatic carbocycles. The van der Waals surface area contributed by atoms with Gasteiger partial charge in [0.05, 0.1) is 16.8 Å². The number of carboxylic acids is 1. The van der Waals surface area contributed by atoms with Gasteiger partial charge in [-0.15, -0.1) is 0 Å². The van der Waals surface area contributed by atoms with Crippen LogP contribution in [0.1, 0.15) is 6.42 Å². The lowest BCUT2D eigenvalue weighted by molar-refractivity contribution is -0.134. The molecule has 2 rings (SSSR count). The normalized spacial score (nSPS) is 10.8. The first-order valence-corrected chi connectivity index (χ1v) is 7.12. The number of carbonyl (C=O) groups excluding carboxylic acids is 1. The monoisotopic (exact) mass is 313 g/mol. The Morgan fingerprint density at radius 1 is 1.45 bits per heavy atom. The summed E-state index contributed by atoms with van der Waals surface area (Å²) in [6, 6.07) is 5.21. The Balaban J connectivity index is 2.39. The Hall–Kier alpha value is -1.73. The summed E-state index contributed by atoms with van der Waals surface area (Å²) in [6.07, 6.45) is 0.161. The number of halogens is 1. The molecule has 0 bridgehead atoms. The van der Waals surface area contributed by atoms with Crippen molar-refractivity contribution >= 4 is 46.3 Å². The van der Waals surface area contributed by atoms with Crippen LogP contribution in [0.4, 0.5) is 0 Å². The topological polar surface area (TPSA) is 98.2 Å². The fourth-order valence-electron chi connectivity index (χ4n) is 1.76. The molecular formula is C12H12ClN3O3S. The van der Waals surface area contributed by atoms with E-state index in [9.17, 15) is 9.59 Å². The number of hydrogen-bond donors (Lipinski definition) is 2. The highest BCUT2D eigenvalue weighted by molar-refractivity contribution is 7.99. The molecule has 20 heavy (non-hydrogen) atoms. The zero-order chi connectivity index (χ0) is 14.7. The molecule has 1 heterocycles. The highest BCUT2D eigenvalue weighted by atomic mass is 35.5. The molecule has 0 atom stereocenters. The second-order valence-electron chi connectivity index (χ2n) is 4.08. The fraction of sp³-hybridized carbons (Fsp3) is 0.250. The quantitative estimate of drug-likeness (QED) is 0.792. The van der Waals surface area contributed by atoms with E-state index in [-0.39, 0.29) is 12.2 Å². The summed E-state index contributed by atoms with van der Waals surface area (Å²) in [5.41, 5.74) is 6.61. The highest BCUT2D eigenvalue weighted by Gasteiger charge is 2.13. The maximum absolute atomic E-state index is 10.9. The summed E-state index contributed by atoms with van der Waals surface area (Å²) in [6.45, 7) is 0.357. The van der Waals surface area contributed by atoms with E-state index in [4.69, 9.17) is 22.4 Å². The number of carboxylic acid groups (broad SMARTS) is 1. The molecule has 0 spiro atoms. The van der Waals surface area contributed by atoms with Gasteiger partial charge >= 0.3 is 5.97 Å². The van der Waals surface area contributed by atoms with E-state index < -0.39 is 11.9 Å². The summed E-state index contributed by atoms with van der Waals surface area (Å²) >= 11 is 7.01. The van der Waals surface area contributed by atoms with Crippen LogP contribution >= 0.6 is 23.4 Å². The summed E-state index contributed by atoms with van der Waals surface area (Å²) in [5, 5.41) is 9.83. The molecule has 0 saturated carbocycles. The van der Waals surface area contributed by atoms with E-state index in [0.29, 0.717) is 22.2 Å². The largest absolute Gasteiger partial charge is 0.481 e. The zero-order valence-corrected chi connectivity index (χ0v) is 11.9. The molecule has 0 aliphatic rings. The average molecular weight is 314 g/mol. The van der Waals surface area contributed by atoms with Crippen LogP contribution in [-0.2, 0) is 16.1 Å². The molecule has 8 heteroatoms. The van der Waals surface area contributed by atoms with E-state index in [1.165, 1.54) is 0 Å². The molecule has 0 unspecified atom stereocenters. The maximum atomic E-state index is 10.9. The van der Waals surface area contributed by atoms with E-state index in [1.54, 1.807) is 22.8 Å². The molecule has 106 valence electrons. The molecule has 0 fully saturated rings. The van der Waals surface area contributed by atoms with E-state index in [2.05, 4.69) is 4.98 Å². The van der Waals surface area contributed by atoms with Crippen molar-refractivity contribution in [2.75, 3.05) is 5.75 Å². The van der Waals surface area contributed by atoms with Crippen LogP contribution in [-0.4, -0.2) is 32.3 Å². The van der Waals surface area contributed by atoms with Crippen LogP contribution in [0.15, 0.2) is 23.4 Å². The summed E-state index contributed by atoms with van der Waals surface area (Å²) in [4.78, 5) is 25.9. The number of rotatable bonds is 6. The number of carbonyl (C=O) groups is 2. The number of thioether (sulfide) groups is 1. The third-order valence-corrected chi connectivity index (χ3v) is 3.78. The minimum atomic E-state index is -0.929. The lowest BCUT2D eigenvalue weighted by Crippen LogP contribution is -2.14. The number of imidazole rings is 1. The van der Waals surface area contributed by atoms with Gasteiger partial charge in [-0.1, -0.05) is 23.4 Å². The first-order chi connectivity index (χ1) is 9.47. The van der Waals surface area contributed by atoms with Gasteiger partial charge < -0.3 is 15.4 Å². The third-order valence-electron chi connectivity index (χ3n) is 2.58. The third kappa shape index (κ3) is 3.43. The molecule has 1 aromatic carbocycles. The first-order valence-electron chi connectivity index (χ1n) is 5.76. The number of aliphatic carboxylic acids is 1. The van der Waals surface area contributed by atoms with Gasteiger partial charge in [-0.3, -0.25) is 9.59 Å². The van der Waals surface area contributed by atoms with Crippen molar-refractivity contribution in [3.63, 3.8) is 0 Å². The predicted molar refractivity (Wildman–Crippen MR) is 76.9 cm³/mol. The van der Waals surface area contributed by atoms with E-state index in [1.807, 2.05) is 0 Å². The van der Waals surface area contributed by atoms with Gasteiger partial charge in [-0.05, 0) is 18.2 Å². The number of benzene rings is 1. The summed E-state index contributed by atoms with van der Waals surface area (Å²) < 4.78 is 1.78. The van der Waals surface area contributed by atoms with Crippen LogP contribution < -0.4 is 5.73 Å². The molecule has 1 amide bonds. The minimum absolute atomic E-state index is 0.104. The second kappa shape index (κ2) is 6.15. The van der Waals surface area contributed by atoms with E-state index in [0.717, 1.165) is 17.3 Å². The van der Waals surface area contributed by atoms with Crippen molar-refractivity contribution in [3.8, 4) is 0 Å². The van der Waals surface area contributed by atoms with Gasteiger partial charge in [0, 0.05) is 18.0 Å². The molecule has 3 N–H and O–H groups in total. The number of aryl methyl sites for hydroxylation is 1. The van der Waals surface area contributed by atoms with Gasteiger partial charge in [0.15, 0.2) is 5.16 Å². The number of hydrogen-bond acceptors (Lipinski definition) is 4. The predicted octanol–water partition coefficient (Wildman–Crippen LogP) is 1.74. The fourth-order valence-corrected chi connectivity index (χ4v) is 2.68. The molecule has 0 radical (unpaired) electrons. The van der Waals surface area contributed by atoms with Crippen molar-refractivity contribution in [2.45, 2.75) is 18.1 Å². The Morgan fingerprint density at radius 3 is 2.85 bits per heavy atom. The van der Waals surface area contributed by atoms with Crippen molar-refractivity contribution in [1.82, 2.24) is 9.55 Å². The molecule has 1 aromatic heterocycles. The summed E-state index contributed by atoms with van der Waals surface area (Å²) in [7, 11) is 0. The summed E-state index contributed by atoms with van der Waals surface area (Å²) in [5.74, 6) is -1.45. The number of nitrogens with two attached hydrogens (primary N) is 1. The smallest absolute Gasteiger partial charge is 0.313 e. The standard InChI is InChI=1S/C12H12ClN3O3S/c13-7-1-2-9-8(5-7)15-12(20-6-11(18)19)16(9)4-3-10(14)17/h1-2,5H,3-4,6H2,(H2,14,17)(H,18,19). The van der Waals surface area contributed by atoms with Crippen molar-refractivity contribution < 1.29 is 14.7 Å². The Bertz CT molecular complexity index is 671. The number of amides is 1. The Labute approximate surface area is 123 Å². The number of primary amides is 1. The molecule has 6 nitrogen and oxygen atoms in total. The van der Waals surface area contributed by atoms with Gasteiger partial charge in [0.25, 0.3) is 0 Å². The van der Waals surface area contributed by atoms with Gasteiger partial charge in [-0.25, -0.2) is 4.98 Å². The molecule has 0 saturated heterocycles. The van der Waals surface area contributed by atoms with E-state index >= 15 is 0 Å². The number of fused-ring (bicyclic) bond motifs is 1. The Morgan fingerprint density at radius 2 is 2.20 bits per heavy atom. The zero-order valence-electron chi connectivity index (χ0n) is 10.4. The number of aromatic nitrogens is 2. The Kier molecular flexibility index (Phi) is 4.51. The average Bonchev–Trinajstić information content (AvgIpc) is 2.70. The van der Waals surface area contributed by atoms with Crippen LogP contribution in [0.2, 0.25) is 5.02 Å². The van der Waals surface area contributed by atoms with Crippen LogP contribution in [0, 0.1) is 0 Å². The minimum Gasteiger partial charge on any atom is -0.481 e. The van der Waals surface area contributed by atoms with Gasteiger partial charge in [-0.2, -0.15) is 0 Å². The SMILES string of the molecule is NC(=O)CCn1c(SCC(=O)O)nc2cc(Cl)ccc21. The molecule has 0 aliphatic heterocycles. The van der Waals surface area contributed by atoms with Crippen molar-refractivity contribution in [2.24, 2.45) is 5.73 Å². The second-order valence-corrected chi connectivity index (χ2v) is 5.46. The van der Waals surface area contributed by atoms with Crippen molar-refractivity contribution in [1.29, 1.82) is 0 Å². The lowest BCUT2D eigenvalue weighted by Gasteiger charge is -2.06. The van der Waals surface area contributed by atoms with Crippen LogP contribution in [0.25, 0.3) is 11.0 Å². The van der Waals surface area contributed by atoms with Gasteiger partial charge in [0.1, 0.15) is 0 Å².